The van der Waals surface area contributed by atoms with Gasteiger partial charge >= 0.3 is 6.03 Å². The van der Waals surface area contributed by atoms with Gasteiger partial charge < -0.3 is 15.7 Å². The molecule has 6 nitrogen and oxygen atoms in total. The predicted molar refractivity (Wildman–Crippen MR) is 95.4 cm³/mol. The van der Waals surface area contributed by atoms with Crippen molar-refractivity contribution in [2.45, 2.75) is 40.2 Å². The summed E-state index contributed by atoms with van der Waals surface area (Å²) in [6.07, 6.45) is 2.09. The van der Waals surface area contributed by atoms with Crippen LogP contribution in [0.2, 0.25) is 0 Å². The molecule has 1 aromatic heterocycles. The molecule has 0 fully saturated rings. The minimum atomic E-state index is -0.395. The molecule has 6 heteroatoms. The Balaban J connectivity index is 2.02. The van der Waals surface area contributed by atoms with Crippen LogP contribution in [0.3, 0.4) is 0 Å². The molecular formula is C18H26N4O2. The lowest BCUT2D eigenvalue weighted by Gasteiger charge is -2.26. The second-order valence-electron chi connectivity index (χ2n) is 6.94. The number of benzene rings is 1. The number of urea groups is 1. The number of amides is 2. The predicted octanol–water partition coefficient (Wildman–Crippen LogP) is 3.10. The van der Waals surface area contributed by atoms with Crippen molar-refractivity contribution in [1.82, 2.24) is 15.1 Å². The average molecular weight is 330 g/mol. The zero-order chi connectivity index (χ0) is 17.7. The van der Waals surface area contributed by atoms with E-state index in [1.54, 1.807) is 11.6 Å². The van der Waals surface area contributed by atoms with Gasteiger partial charge in [0.05, 0.1) is 23.2 Å². The molecule has 0 spiro atoms. The van der Waals surface area contributed by atoms with E-state index in [1.807, 2.05) is 57.3 Å². The SMILES string of the molecule is Cc1ccn(-c2ccccc2NC(=O)NCC(C)(C)CC(C)O)n1. The summed E-state index contributed by atoms with van der Waals surface area (Å²) in [5.41, 5.74) is 2.23. The van der Waals surface area contributed by atoms with E-state index < -0.39 is 6.10 Å². The number of nitrogens with zero attached hydrogens (tertiary/aromatic N) is 2. The smallest absolute Gasteiger partial charge is 0.319 e. The van der Waals surface area contributed by atoms with Gasteiger partial charge in [0.2, 0.25) is 0 Å². The van der Waals surface area contributed by atoms with E-state index in [0.717, 1.165) is 11.4 Å². The van der Waals surface area contributed by atoms with Crippen molar-refractivity contribution < 1.29 is 9.90 Å². The Hall–Kier alpha value is -2.34. The van der Waals surface area contributed by atoms with E-state index >= 15 is 0 Å². The second kappa shape index (κ2) is 7.49. The highest BCUT2D eigenvalue weighted by molar-refractivity contribution is 5.91. The number of anilines is 1. The van der Waals surface area contributed by atoms with Crippen molar-refractivity contribution in [1.29, 1.82) is 0 Å². The quantitative estimate of drug-likeness (QED) is 0.761. The van der Waals surface area contributed by atoms with Crippen LogP contribution >= 0.6 is 0 Å². The van der Waals surface area contributed by atoms with Gasteiger partial charge in [-0.05, 0) is 43.9 Å². The monoisotopic (exact) mass is 330 g/mol. The summed E-state index contributed by atoms with van der Waals surface area (Å²) < 4.78 is 1.74. The maximum atomic E-state index is 12.2. The third-order valence-electron chi connectivity index (χ3n) is 3.70. The first-order valence-electron chi connectivity index (χ1n) is 8.11. The Morgan fingerprint density at radius 1 is 1.33 bits per heavy atom. The van der Waals surface area contributed by atoms with Crippen LogP contribution in [0.5, 0.6) is 0 Å². The molecule has 24 heavy (non-hydrogen) atoms. The second-order valence-corrected chi connectivity index (χ2v) is 6.94. The zero-order valence-electron chi connectivity index (χ0n) is 14.7. The minimum absolute atomic E-state index is 0.176. The highest BCUT2D eigenvalue weighted by Crippen LogP contribution is 2.22. The van der Waals surface area contributed by atoms with Crippen LogP contribution in [0.15, 0.2) is 36.5 Å². The first-order valence-corrected chi connectivity index (χ1v) is 8.11. The molecule has 1 unspecified atom stereocenters. The molecule has 1 heterocycles. The van der Waals surface area contributed by atoms with Gasteiger partial charge in [-0.1, -0.05) is 26.0 Å². The van der Waals surface area contributed by atoms with E-state index in [1.165, 1.54) is 0 Å². The lowest BCUT2D eigenvalue weighted by Crippen LogP contribution is -2.38. The summed E-state index contributed by atoms with van der Waals surface area (Å²) in [5, 5.41) is 19.6. The number of aryl methyl sites for hydroxylation is 1. The van der Waals surface area contributed by atoms with E-state index in [0.29, 0.717) is 18.7 Å². The number of carbonyl (C=O) groups excluding carboxylic acids is 1. The van der Waals surface area contributed by atoms with Gasteiger partial charge in [-0.15, -0.1) is 0 Å². The van der Waals surface area contributed by atoms with Gasteiger partial charge in [0.25, 0.3) is 0 Å². The van der Waals surface area contributed by atoms with Crippen LogP contribution in [-0.2, 0) is 0 Å². The van der Waals surface area contributed by atoms with Gasteiger partial charge in [-0.2, -0.15) is 5.10 Å². The standard InChI is InChI=1S/C18H26N4O2/c1-13-9-10-22(21-13)16-8-6-5-7-15(16)20-17(24)19-12-18(3,4)11-14(2)23/h5-10,14,23H,11-12H2,1-4H3,(H2,19,20,24). The molecule has 0 saturated carbocycles. The highest BCUT2D eigenvalue weighted by atomic mass is 16.3. The van der Waals surface area contributed by atoms with Gasteiger partial charge in [0, 0.05) is 12.7 Å². The lowest BCUT2D eigenvalue weighted by molar-refractivity contribution is 0.129. The Morgan fingerprint density at radius 3 is 2.67 bits per heavy atom. The van der Waals surface area contributed by atoms with Crippen LogP contribution in [0.25, 0.3) is 5.69 Å². The molecule has 2 aromatic rings. The molecule has 130 valence electrons. The van der Waals surface area contributed by atoms with Crippen molar-refractivity contribution in [2.75, 3.05) is 11.9 Å². The molecule has 0 aliphatic carbocycles. The molecular weight excluding hydrogens is 304 g/mol. The van der Waals surface area contributed by atoms with E-state index in [-0.39, 0.29) is 11.4 Å². The fourth-order valence-corrected chi connectivity index (χ4v) is 2.69. The van der Waals surface area contributed by atoms with Crippen molar-refractivity contribution >= 4 is 11.7 Å². The Labute approximate surface area is 142 Å². The van der Waals surface area contributed by atoms with Crippen LogP contribution in [0.1, 0.15) is 32.9 Å². The summed E-state index contributed by atoms with van der Waals surface area (Å²) in [4.78, 5) is 12.2. The number of carbonyl (C=O) groups is 1. The zero-order valence-corrected chi connectivity index (χ0v) is 14.7. The third kappa shape index (κ3) is 5.09. The topological polar surface area (TPSA) is 79.2 Å². The third-order valence-corrected chi connectivity index (χ3v) is 3.70. The van der Waals surface area contributed by atoms with Crippen molar-refractivity contribution in [3.05, 3.63) is 42.2 Å². The molecule has 1 atom stereocenters. The Morgan fingerprint density at radius 2 is 2.04 bits per heavy atom. The summed E-state index contributed by atoms with van der Waals surface area (Å²) >= 11 is 0. The normalized spacial score (nSPS) is 12.7. The summed E-state index contributed by atoms with van der Waals surface area (Å²) in [6.45, 7) is 8.18. The molecule has 0 radical (unpaired) electrons. The molecule has 0 aliphatic rings. The fraction of sp³-hybridized carbons (Fsp3) is 0.444. The lowest BCUT2D eigenvalue weighted by atomic mass is 9.87. The maximum Gasteiger partial charge on any atom is 0.319 e. The molecule has 2 amide bonds. The highest BCUT2D eigenvalue weighted by Gasteiger charge is 2.21. The van der Waals surface area contributed by atoms with Crippen LogP contribution in [-0.4, -0.2) is 33.6 Å². The van der Waals surface area contributed by atoms with E-state index in [2.05, 4.69) is 15.7 Å². The number of aliphatic hydroxyl groups excluding tert-OH is 1. The summed E-state index contributed by atoms with van der Waals surface area (Å²) in [6, 6.07) is 9.15. The first-order chi connectivity index (χ1) is 11.3. The maximum absolute atomic E-state index is 12.2. The Bertz CT molecular complexity index is 692. The minimum Gasteiger partial charge on any atom is -0.393 e. The van der Waals surface area contributed by atoms with Crippen LogP contribution in [0, 0.1) is 12.3 Å². The molecule has 3 N–H and O–H groups in total. The van der Waals surface area contributed by atoms with E-state index in [4.69, 9.17) is 0 Å². The van der Waals surface area contributed by atoms with Crippen molar-refractivity contribution in [3.8, 4) is 5.69 Å². The summed E-state index contributed by atoms with van der Waals surface area (Å²) in [7, 11) is 0. The van der Waals surface area contributed by atoms with Crippen molar-refractivity contribution in [2.24, 2.45) is 5.41 Å². The van der Waals surface area contributed by atoms with Gasteiger partial charge in [0.15, 0.2) is 0 Å². The number of hydrogen-bond donors (Lipinski definition) is 3. The molecule has 0 saturated heterocycles. The van der Waals surface area contributed by atoms with Crippen LogP contribution < -0.4 is 10.6 Å². The fourth-order valence-electron chi connectivity index (χ4n) is 2.69. The molecule has 2 rings (SSSR count). The number of aromatic nitrogens is 2. The number of para-hydroxylation sites is 2. The molecule has 0 aliphatic heterocycles. The number of aliphatic hydroxyl groups is 1. The number of rotatable bonds is 6. The van der Waals surface area contributed by atoms with Gasteiger partial charge in [-0.25, -0.2) is 9.48 Å². The van der Waals surface area contributed by atoms with Gasteiger partial charge in [0.1, 0.15) is 0 Å². The van der Waals surface area contributed by atoms with Gasteiger partial charge in [-0.3, -0.25) is 0 Å². The molecule has 1 aromatic carbocycles. The first kappa shape index (κ1) is 18.0. The number of nitrogens with one attached hydrogen (secondary N) is 2. The largest absolute Gasteiger partial charge is 0.393 e. The van der Waals surface area contributed by atoms with Crippen molar-refractivity contribution in [3.63, 3.8) is 0 Å². The van der Waals surface area contributed by atoms with Crippen LogP contribution in [0.4, 0.5) is 10.5 Å². The average Bonchev–Trinajstić information content (AvgIpc) is 2.91. The molecule has 0 bridgehead atoms. The Kier molecular flexibility index (Phi) is 5.62. The summed E-state index contributed by atoms with van der Waals surface area (Å²) in [5.74, 6) is 0. The number of hydrogen-bond acceptors (Lipinski definition) is 3. The van der Waals surface area contributed by atoms with E-state index in [9.17, 15) is 9.90 Å².